The highest BCUT2D eigenvalue weighted by Crippen LogP contribution is 2.22. The molecule has 3 rings (SSSR count). The van der Waals surface area contributed by atoms with Gasteiger partial charge in [-0.3, -0.25) is 9.69 Å². The first-order valence-corrected chi connectivity index (χ1v) is 17.0. The first kappa shape index (κ1) is 36.5. The number of amides is 1. The number of carbonyl (C=O) groups excluding carboxylic acids is 1. The molecule has 2 N–H and O–H groups in total. The van der Waals surface area contributed by atoms with Crippen molar-refractivity contribution in [1.82, 2.24) is 29.7 Å². The summed E-state index contributed by atoms with van der Waals surface area (Å²) in [5.74, 6) is 2.25. The van der Waals surface area contributed by atoms with E-state index < -0.39 is 0 Å². The monoisotopic (exact) mass is 624 g/mol. The lowest BCUT2D eigenvalue weighted by atomic mass is 10.0. The first-order chi connectivity index (χ1) is 22.1. The van der Waals surface area contributed by atoms with Crippen LogP contribution in [0.1, 0.15) is 96.0 Å². The Labute approximate surface area is 276 Å². The summed E-state index contributed by atoms with van der Waals surface area (Å²) >= 11 is 0. The number of nitrogens with zero attached hydrogens (tertiary/aromatic N) is 4. The number of hydrogen-bond donors (Lipinski definition) is 2. The number of nitrogens with one attached hydrogen (secondary N) is 2. The predicted molar refractivity (Wildman–Crippen MR) is 194 cm³/mol. The van der Waals surface area contributed by atoms with Crippen molar-refractivity contribution in [3.63, 3.8) is 0 Å². The molecule has 1 aromatic carbocycles. The van der Waals surface area contributed by atoms with Crippen molar-refractivity contribution in [3.05, 3.63) is 88.8 Å². The van der Waals surface area contributed by atoms with Gasteiger partial charge in [0, 0.05) is 24.9 Å². The van der Waals surface area contributed by atoms with Gasteiger partial charge in [-0.15, -0.1) is 0 Å². The van der Waals surface area contributed by atoms with E-state index in [1.165, 1.54) is 19.3 Å². The molecule has 0 bridgehead atoms. The number of aryl methyl sites for hydroxylation is 1. The average Bonchev–Trinajstić information content (AvgIpc) is 3.44. The third-order valence-corrected chi connectivity index (χ3v) is 7.92. The van der Waals surface area contributed by atoms with Crippen LogP contribution in [0.4, 0.5) is 0 Å². The van der Waals surface area contributed by atoms with Crippen molar-refractivity contribution in [2.24, 2.45) is 5.92 Å². The second kappa shape index (κ2) is 18.9. The van der Waals surface area contributed by atoms with Crippen LogP contribution in [0.15, 0.2) is 55.2 Å². The zero-order chi connectivity index (χ0) is 33.5. The number of aromatic amines is 2. The van der Waals surface area contributed by atoms with Crippen molar-refractivity contribution < 1.29 is 4.79 Å². The minimum atomic E-state index is 0.182. The van der Waals surface area contributed by atoms with E-state index in [4.69, 9.17) is 4.98 Å². The number of allylic oxidation sites excluding steroid dienone is 1. The quantitative estimate of drug-likeness (QED) is 0.164. The van der Waals surface area contributed by atoms with E-state index in [1.807, 2.05) is 36.2 Å². The molecule has 2 heterocycles. The van der Waals surface area contributed by atoms with Crippen LogP contribution in [0, 0.1) is 12.8 Å². The van der Waals surface area contributed by atoms with E-state index in [-0.39, 0.29) is 5.91 Å². The van der Waals surface area contributed by atoms with Crippen LogP contribution in [0.2, 0.25) is 0 Å². The summed E-state index contributed by atoms with van der Waals surface area (Å²) in [6.45, 7) is 20.1. The van der Waals surface area contributed by atoms with Crippen LogP contribution in [0.25, 0.3) is 28.9 Å². The molecule has 0 aliphatic carbocycles. The summed E-state index contributed by atoms with van der Waals surface area (Å²) in [5, 5.41) is 1.77. The van der Waals surface area contributed by atoms with Gasteiger partial charge in [0.15, 0.2) is 0 Å². The highest BCUT2D eigenvalue weighted by atomic mass is 16.2. The molecule has 0 aliphatic heterocycles. The van der Waals surface area contributed by atoms with E-state index in [9.17, 15) is 4.79 Å². The fourth-order valence-corrected chi connectivity index (χ4v) is 5.38. The van der Waals surface area contributed by atoms with Crippen LogP contribution >= 0.6 is 0 Å². The van der Waals surface area contributed by atoms with Crippen LogP contribution in [0.5, 0.6) is 0 Å². The fraction of sp³-hybridized carbons (Fsp3) is 0.462. The van der Waals surface area contributed by atoms with Crippen molar-refractivity contribution >= 4 is 23.6 Å². The molecule has 248 valence electrons. The van der Waals surface area contributed by atoms with Gasteiger partial charge < -0.3 is 14.9 Å². The normalized spacial score (nSPS) is 12.2. The van der Waals surface area contributed by atoms with Crippen LogP contribution < -0.4 is 10.7 Å². The van der Waals surface area contributed by atoms with Crippen LogP contribution in [0.3, 0.4) is 0 Å². The van der Waals surface area contributed by atoms with Gasteiger partial charge >= 0.3 is 0 Å². The third kappa shape index (κ3) is 11.8. The number of hydrogen-bond acceptors (Lipinski definition) is 4. The topological polar surface area (TPSA) is 80.9 Å². The van der Waals surface area contributed by atoms with Gasteiger partial charge in [0.2, 0.25) is 5.91 Å². The van der Waals surface area contributed by atoms with E-state index >= 15 is 0 Å². The van der Waals surface area contributed by atoms with Gasteiger partial charge in [-0.25, -0.2) is 9.97 Å². The molecule has 0 spiro atoms. The predicted octanol–water partition coefficient (Wildman–Crippen LogP) is 7.32. The smallest absolute Gasteiger partial charge is 0.223 e. The number of unbranched alkanes of at least 4 members (excludes halogenated alkanes) is 3. The Morgan fingerprint density at radius 2 is 1.70 bits per heavy atom. The Morgan fingerprint density at radius 3 is 2.37 bits per heavy atom. The molecule has 3 aromatic rings. The molecule has 0 atom stereocenters. The van der Waals surface area contributed by atoms with Crippen molar-refractivity contribution in [1.29, 1.82) is 0 Å². The fourth-order valence-electron chi connectivity index (χ4n) is 5.38. The molecule has 7 nitrogen and oxygen atoms in total. The molecule has 0 saturated carbocycles. The minimum Gasteiger partial charge on any atom is -0.346 e. The molecule has 0 radical (unpaired) electrons. The van der Waals surface area contributed by atoms with Gasteiger partial charge in [-0.1, -0.05) is 89.9 Å². The molecule has 0 saturated heterocycles. The largest absolute Gasteiger partial charge is 0.346 e. The highest BCUT2D eigenvalue weighted by Gasteiger charge is 2.16. The summed E-state index contributed by atoms with van der Waals surface area (Å²) in [6.07, 6.45) is 12.2. The van der Waals surface area contributed by atoms with Gasteiger partial charge in [0.25, 0.3) is 0 Å². The van der Waals surface area contributed by atoms with E-state index in [2.05, 4.69) is 104 Å². The summed E-state index contributed by atoms with van der Waals surface area (Å²) in [6, 6.07) is 14.8. The average molecular weight is 625 g/mol. The van der Waals surface area contributed by atoms with Gasteiger partial charge in [0.1, 0.15) is 11.6 Å². The van der Waals surface area contributed by atoms with Crippen molar-refractivity contribution in [3.8, 4) is 11.1 Å². The zero-order valence-corrected chi connectivity index (χ0v) is 29.3. The first-order valence-electron chi connectivity index (χ1n) is 17.0. The van der Waals surface area contributed by atoms with E-state index in [0.717, 1.165) is 82.8 Å². The Morgan fingerprint density at radius 1 is 0.957 bits per heavy atom. The number of benzene rings is 1. The van der Waals surface area contributed by atoms with Gasteiger partial charge in [0.05, 0.1) is 23.8 Å². The Bertz CT molecular complexity index is 1580. The van der Waals surface area contributed by atoms with E-state index in [0.29, 0.717) is 18.9 Å². The molecular weight excluding hydrogens is 568 g/mol. The van der Waals surface area contributed by atoms with Crippen LogP contribution in [-0.2, 0) is 17.9 Å². The molecule has 1 amide bonds. The number of rotatable bonds is 16. The standard InChI is InChI=1S/C39H56N6O/c1-9-12-14-22-44(8)27-37-40-21-15-16-34(26-31(7)41-37)33-19-17-32(18-20-33)30(6)25-36-35(11-3)42-38(43-36)28-45(23-13-10-2)39(46)24-29(4)5/h11,15-21,25-26,29H,6,9-10,12-14,22-24,27-28H2,1-5,7-8H3,(H,40,41)(H,42,43)/b21-15?,31-26?,34-16?,35-11+,36-25+. The van der Waals surface area contributed by atoms with Crippen molar-refractivity contribution in [2.75, 3.05) is 20.1 Å². The molecule has 7 heteroatoms. The lowest BCUT2D eigenvalue weighted by Crippen LogP contribution is -2.32. The summed E-state index contributed by atoms with van der Waals surface area (Å²) in [7, 11) is 2.15. The number of aromatic nitrogens is 4. The molecule has 0 unspecified atom stereocenters. The Hall–Kier alpha value is -3.97. The lowest BCUT2D eigenvalue weighted by Gasteiger charge is -2.22. The van der Waals surface area contributed by atoms with E-state index in [1.54, 1.807) is 0 Å². The number of H-pyrrole nitrogens is 2. The SMILES string of the molecule is C=C(/C=c1/[nH]c(CN(CCCC)C(=O)CC(C)C)n/c1=C/C)c1ccc(-c2cccnc(CN(C)CCCCC)[nH]c(C)c2)cc1. The minimum absolute atomic E-state index is 0.182. The summed E-state index contributed by atoms with van der Waals surface area (Å²) in [4.78, 5) is 33.7. The molecule has 0 aliphatic rings. The van der Waals surface area contributed by atoms with Crippen LogP contribution in [-0.4, -0.2) is 55.8 Å². The third-order valence-electron chi connectivity index (χ3n) is 7.92. The zero-order valence-electron chi connectivity index (χ0n) is 29.3. The number of imidazole rings is 1. The number of carbonyl (C=O) groups is 1. The summed E-state index contributed by atoms with van der Waals surface area (Å²) < 4.78 is 0. The molecule has 0 fully saturated rings. The lowest BCUT2D eigenvalue weighted by molar-refractivity contribution is -0.132. The maximum absolute atomic E-state index is 12.9. The second-order valence-electron chi connectivity index (χ2n) is 12.7. The Kier molecular flexibility index (Phi) is 15.0. The molecular formula is C39H56N6O. The Balaban J connectivity index is 1.80. The molecule has 2 aromatic heterocycles. The molecule has 46 heavy (non-hydrogen) atoms. The summed E-state index contributed by atoms with van der Waals surface area (Å²) in [5.41, 5.74) is 5.20. The van der Waals surface area contributed by atoms with Crippen molar-refractivity contribution in [2.45, 2.75) is 93.2 Å². The second-order valence-corrected chi connectivity index (χ2v) is 12.7. The van der Waals surface area contributed by atoms with Gasteiger partial charge in [-0.05, 0) is 86.7 Å². The maximum atomic E-state index is 12.9. The maximum Gasteiger partial charge on any atom is 0.223 e. The highest BCUT2D eigenvalue weighted by molar-refractivity contribution is 5.87. The van der Waals surface area contributed by atoms with Gasteiger partial charge in [-0.2, -0.15) is 0 Å².